The van der Waals surface area contributed by atoms with Gasteiger partial charge < -0.3 is 14.9 Å². The zero-order valence-electron chi connectivity index (χ0n) is 18.8. The van der Waals surface area contributed by atoms with E-state index < -0.39 is 11.4 Å². The standard InChI is InChI=1S/C23H28N6O4/c1-16-13-28(19-5-4-18(12-26-19)21-24-7-3-8-25-21)10-11-29(16)20(31)14-27-9-6-23(15-27,17(2)30)22(32)33/h3-5,7-8,12,16H,6,9-11,13-15H2,1-2H3,(H,32,33). The fraction of sp³-hybridized carbons (Fsp3) is 0.478. The lowest BCUT2D eigenvalue weighted by atomic mass is 9.83. The molecule has 2 aromatic rings. The Labute approximate surface area is 192 Å². The fourth-order valence-corrected chi connectivity index (χ4v) is 4.61. The van der Waals surface area contributed by atoms with Gasteiger partial charge in [-0.1, -0.05) is 0 Å². The fourth-order valence-electron chi connectivity index (χ4n) is 4.61. The molecule has 2 aliphatic heterocycles. The molecule has 1 amide bonds. The Balaban J connectivity index is 1.34. The number of anilines is 1. The molecule has 2 aliphatic rings. The molecule has 0 aliphatic carbocycles. The smallest absolute Gasteiger partial charge is 0.318 e. The summed E-state index contributed by atoms with van der Waals surface area (Å²) in [6.45, 7) is 5.79. The molecule has 0 bridgehead atoms. The van der Waals surface area contributed by atoms with Gasteiger partial charge in [0.1, 0.15) is 17.0 Å². The van der Waals surface area contributed by atoms with Crippen molar-refractivity contribution in [3.63, 3.8) is 0 Å². The number of aliphatic carboxylic acids is 1. The Morgan fingerprint density at radius 1 is 1.12 bits per heavy atom. The molecule has 174 valence electrons. The van der Waals surface area contributed by atoms with Gasteiger partial charge in [-0.25, -0.2) is 15.0 Å². The lowest BCUT2D eigenvalue weighted by molar-refractivity contribution is -0.153. The number of rotatable bonds is 6. The molecule has 2 atom stereocenters. The molecule has 10 heteroatoms. The SMILES string of the molecule is CC(=O)C1(C(=O)O)CCN(CC(=O)N2CCN(c3ccc(-c4ncccn4)cn3)CC2C)C1. The second kappa shape index (κ2) is 9.22. The molecular formula is C23H28N6O4. The van der Waals surface area contributed by atoms with E-state index in [9.17, 15) is 19.5 Å². The molecule has 0 aromatic carbocycles. The molecule has 0 spiro atoms. The molecule has 4 rings (SSSR count). The molecule has 2 unspecified atom stereocenters. The van der Waals surface area contributed by atoms with Crippen LogP contribution in [0.5, 0.6) is 0 Å². The van der Waals surface area contributed by atoms with E-state index in [1.807, 2.05) is 24.0 Å². The van der Waals surface area contributed by atoms with Crippen molar-refractivity contribution in [2.24, 2.45) is 5.41 Å². The first kappa shape index (κ1) is 22.8. The van der Waals surface area contributed by atoms with Crippen LogP contribution in [0.4, 0.5) is 5.82 Å². The Kier molecular flexibility index (Phi) is 6.37. The largest absolute Gasteiger partial charge is 0.480 e. The van der Waals surface area contributed by atoms with E-state index in [0.29, 0.717) is 32.0 Å². The van der Waals surface area contributed by atoms with Crippen molar-refractivity contribution in [1.82, 2.24) is 24.8 Å². The molecular weight excluding hydrogens is 424 g/mol. The number of carboxylic acids is 1. The van der Waals surface area contributed by atoms with Gasteiger partial charge in [0.25, 0.3) is 0 Å². The highest BCUT2D eigenvalue weighted by molar-refractivity contribution is 6.02. The Morgan fingerprint density at radius 2 is 1.88 bits per heavy atom. The van der Waals surface area contributed by atoms with Crippen molar-refractivity contribution in [1.29, 1.82) is 0 Å². The number of carbonyl (C=O) groups is 3. The molecule has 2 fully saturated rings. The minimum absolute atomic E-state index is 0.0233. The van der Waals surface area contributed by atoms with E-state index in [1.54, 1.807) is 29.6 Å². The minimum atomic E-state index is -1.40. The van der Waals surface area contributed by atoms with Crippen molar-refractivity contribution in [3.8, 4) is 11.4 Å². The summed E-state index contributed by atoms with van der Waals surface area (Å²) in [5, 5.41) is 9.53. The summed E-state index contributed by atoms with van der Waals surface area (Å²) in [5.41, 5.74) is -0.553. The third-order valence-corrected chi connectivity index (χ3v) is 6.63. The summed E-state index contributed by atoms with van der Waals surface area (Å²) < 4.78 is 0. The molecule has 33 heavy (non-hydrogen) atoms. The number of nitrogens with zero attached hydrogens (tertiary/aromatic N) is 6. The minimum Gasteiger partial charge on any atom is -0.480 e. The number of likely N-dealkylation sites (tertiary alicyclic amines) is 1. The van der Waals surface area contributed by atoms with Crippen LogP contribution in [-0.2, 0) is 14.4 Å². The topological polar surface area (TPSA) is 120 Å². The van der Waals surface area contributed by atoms with Crippen LogP contribution in [0, 0.1) is 5.41 Å². The van der Waals surface area contributed by atoms with Gasteiger partial charge in [-0.05, 0) is 38.5 Å². The number of pyridine rings is 1. The summed E-state index contributed by atoms with van der Waals surface area (Å²) in [7, 11) is 0. The van der Waals surface area contributed by atoms with Gasteiger partial charge in [-0.15, -0.1) is 0 Å². The van der Waals surface area contributed by atoms with Gasteiger partial charge in [0, 0.05) is 62.9 Å². The van der Waals surface area contributed by atoms with Gasteiger partial charge in [0.05, 0.1) is 6.54 Å². The average Bonchev–Trinajstić information content (AvgIpc) is 3.25. The Morgan fingerprint density at radius 3 is 2.45 bits per heavy atom. The van der Waals surface area contributed by atoms with Crippen LogP contribution in [0.15, 0.2) is 36.8 Å². The van der Waals surface area contributed by atoms with Gasteiger partial charge >= 0.3 is 5.97 Å². The number of carbonyl (C=O) groups excluding carboxylic acids is 2. The second-order valence-corrected chi connectivity index (χ2v) is 8.76. The van der Waals surface area contributed by atoms with E-state index in [0.717, 1.165) is 11.4 Å². The number of amides is 1. The molecule has 4 heterocycles. The predicted octanol–water partition coefficient (Wildman–Crippen LogP) is 0.941. The van der Waals surface area contributed by atoms with Crippen LogP contribution in [0.3, 0.4) is 0 Å². The van der Waals surface area contributed by atoms with E-state index in [-0.39, 0.29) is 37.2 Å². The van der Waals surface area contributed by atoms with Crippen LogP contribution in [0.2, 0.25) is 0 Å². The first-order valence-electron chi connectivity index (χ1n) is 11.0. The highest BCUT2D eigenvalue weighted by Crippen LogP contribution is 2.32. The van der Waals surface area contributed by atoms with Crippen LogP contribution < -0.4 is 4.90 Å². The van der Waals surface area contributed by atoms with E-state index in [1.165, 1.54) is 6.92 Å². The summed E-state index contributed by atoms with van der Waals surface area (Å²) in [5.74, 6) is -0.0511. The van der Waals surface area contributed by atoms with Crippen LogP contribution in [0.1, 0.15) is 20.3 Å². The van der Waals surface area contributed by atoms with Crippen molar-refractivity contribution >= 4 is 23.5 Å². The molecule has 0 saturated carbocycles. The van der Waals surface area contributed by atoms with Gasteiger partial charge in [-0.2, -0.15) is 0 Å². The normalized spacial score (nSPS) is 23.5. The van der Waals surface area contributed by atoms with Crippen molar-refractivity contribution in [2.45, 2.75) is 26.3 Å². The van der Waals surface area contributed by atoms with Crippen LogP contribution >= 0.6 is 0 Å². The number of Topliss-reactive ketones (excluding diaryl/α,β-unsaturated/α-hetero) is 1. The highest BCUT2D eigenvalue weighted by Gasteiger charge is 2.49. The summed E-state index contributed by atoms with van der Waals surface area (Å²) in [6.07, 6.45) is 5.38. The van der Waals surface area contributed by atoms with Crippen LogP contribution in [-0.4, -0.2) is 92.8 Å². The predicted molar refractivity (Wildman–Crippen MR) is 120 cm³/mol. The third kappa shape index (κ3) is 4.56. The zero-order chi connectivity index (χ0) is 23.6. The second-order valence-electron chi connectivity index (χ2n) is 8.76. The maximum atomic E-state index is 13.0. The summed E-state index contributed by atoms with van der Waals surface area (Å²) >= 11 is 0. The number of aromatic nitrogens is 3. The maximum Gasteiger partial charge on any atom is 0.318 e. The maximum absolute atomic E-state index is 13.0. The average molecular weight is 453 g/mol. The number of hydrogen-bond donors (Lipinski definition) is 1. The van der Waals surface area contributed by atoms with Crippen molar-refractivity contribution in [3.05, 3.63) is 36.8 Å². The molecule has 10 nitrogen and oxygen atoms in total. The lowest BCUT2D eigenvalue weighted by Gasteiger charge is -2.41. The van der Waals surface area contributed by atoms with Gasteiger partial charge in [0.2, 0.25) is 5.91 Å². The number of piperazine rings is 1. The van der Waals surface area contributed by atoms with Crippen molar-refractivity contribution < 1.29 is 19.5 Å². The summed E-state index contributed by atoms with van der Waals surface area (Å²) in [6, 6.07) is 5.62. The molecule has 1 N–H and O–H groups in total. The number of carboxylic acid groups (broad SMARTS) is 1. The summed E-state index contributed by atoms with van der Waals surface area (Å²) in [4.78, 5) is 55.4. The van der Waals surface area contributed by atoms with Crippen molar-refractivity contribution in [2.75, 3.05) is 44.2 Å². The van der Waals surface area contributed by atoms with Gasteiger partial charge in [0.15, 0.2) is 5.82 Å². The van der Waals surface area contributed by atoms with E-state index in [4.69, 9.17) is 0 Å². The third-order valence-electron chi connectivity index (χ3n) is 6.63. The highest BCUT2D eigenvalue weighted by atomic mass is 16.4. The zero-order valence-corrected chi connectivity index (χ0v) is 18.8. The molecule has 0 radical (unpaired) electrons. The lowest BCUT2D eigenvalue weighted by Crippen LogP contribution is -2.56. The molecule has 2 saturated heterocycles. The van der Waals surface area contributed by atoms with E-state index >= 15 is 0 Å². The monoisotopic (exact) mass is 452 g/mol. The van der Waals surface area contributed by atoms with Crippen LogP contribution in [0.25, 0.3) is 11.4 Å². The van der Waals surface area contributed by atoms with Gasteiger partial charge in [-0.3, -0.25) is 19.3 Å². The Hall–Kier alpha value is -3.40. The Bertz CT molecular complexity index is 1020. The quantitative estimate of drug-likeness (QED) is 0.639. The number of hydrogen-bond acceptors (Lipinski definition) is 8. The first-order valence-corrected chi connectivity index (χ1v) is 11.0. The number of ketones is 1. The van der Waals surface area contributed by atoms with E-state index in [2.05, 4.69) is 19.9 Å². The first-order chi connectivity index (χ1) is 15.8. The molecule has 2 aromatic heterocycles.